The first-order valence-corrected chi connectivity index (χ1v) is 9.62. The maximum atomic E-state index is 4.85. The summed E-state index contributed by atoms with van der Waals surface area (Å²) in [6.07, 6.45) is 3.44. The number of fused-ring (bicyclic) bond motifs is 1. The number of hydrogen-bond donors (Lipinski definition) is 2. The molecule has 1 saturated heterocycles. The molecule has 0 bridgehead atoms. The Kier molecular flexibility index (Phi) is 8.18. The number of nitrogens with zero attached hydrogens (tertiary/aromatic N) is 3. The van der Waals surface area contributed by atoms with Gasteiger partial charge in [-0.1, -0.05) is 26.0 Å². The Bertz CT molecular complexity index is 676. The fraction of sp³-hybridized carbons (Fsp3) is 0.600. The molecule has 1 aromatic carbocycles. The lowest BCUT2D eigenvalue weighted by Crippen LogP contribution is -2.40. The molecule has 26 heavy (non-hydrogen) atoms. The Balaban J connectivity index is 0.00000243. The smallest absolute Gasteiger partial charge is 0.193 e. The van der Waals surface area contributed by atoms with Crippen molar-refractivity contribution in [3.8, 4) is 0 Å². The highest BCUT2D eigenvalue weighted by Gasteiger charge is 2.25. The van der Waals surface area contributed by atoms with Crippen LogP contribution >= 0.6 is 24.0 Å². The summed E-state index contributed by atoms with van der Waals surface area (Å²) in [6.45, 7) is 10.7. The number of benzene rings is 1. The zero-order chi connectivity index (χ0) is 17.6. The fourth-order valence-electron chi connectivity index (χ4n) is 3.70. The highest BCUT2D eigenvalue weighted by atomic mass is 127. The summed E-state index contributed by atoms with van der Waals surface area (Å²) in [5.41, 5.74) is 2.13. The molecule has 2 aromatic rings. The van der Waals surface area contributed by atoms with Crippen LogP contribution in [-0.4, -0.2) is 47.0 Å². The van der Waals surface area contributed by atoms with E-state index in [1.165, 1.54) is 12.8 Å². The van der Waals surface area contributed by atoms with E-state index in [1.54, 1.807) is 0 Å². The van der Waals surface area contributed by atoms with Gasteiger partial charge in [-0.05, 0) is 43.7 Å². The van der Waals surface area contributed by atoms with Crippen LogP contribution in [0.5, 0.6) is 0 Å². The molecule has 1 fully saturated rings. The lowest BCUT2D eigenvalue weighted by molar-refractivity contribution is 0.403. The first kappa shape index (κ1) is 21.0. The number of aromatic nitrogens is 2. The molecule has 0 amide bonds. The van der Waals surface area contributed by atoms with E-state index < -0.39 is 0 Å². The molecule has 3 rings (SSSR count). The van der Waals surface area contributed by atoms with Gasteiger partial charge in [-0.15, -0.1) is 24.0 Å². The van der Waals surface area contributed by atoms with Gasteiger partial charge >= 0.3 is 0 Å². The first-order chi connectivity index (χ1) is 12.2. The van der Waals surface area contributed by atoms with Crippen molar-refractivity contribution < 1.29 is 0 Å². The highest BCUT2D eigenvalue weighted by molar-refractivity contribution is 14.0. The molecule has 6 heteroatoms. The highest BCUT2D eigenvalue weighted by Crippen LogP contribution is 2.23. The minimum atomic E-state index is 0. The molecule has 2 N–H and O–H groups in total. The molecule has 5 nitrogen and oxygen atoms in total. The van der Waals surface area contributed by atoms with Crippen LogP contribution in [0.1, 0.15) is 39.4 Å². The molecule has 1 unspecified atom stereocenters. The summed E-state index contributed by atoms with van der Waals surface area (Å²) in [6, 6.07) is 8.17. The van der Waals surface area contributed by atoms with E-state index in [4.69, 9.17) is 4.99 Å². The quantitative estimate of drug-likeness (QED) is 0.381. The number of aromatic amines is 1. The third kappa shape index (κ3) is 5.59. The molecule has 1 aliphatic heterocycles. The maximum Gasteiger partial charge on any atom is 0.193 e. The van der Waals surface area contributed by atoms with E-state index >= 15 is 0 Å². The summed E-state index contributed by atoms with van der Waals surface area (Å²) in [4.78, 5) is 15.3. The van der Waals surface area contributed by atoms with Crippen LogP contribution < -0.4 is 5.32 Å². The third-order valence-corrected chi connectivity index (χ3v) is 4.77. The number of rotatable bonds is 6. The van der Waals surface area contributed by atoms with E-state index in [-0.39, 0.29) is 24.0 Å². The van der Waals surface area contributed by atoms with E-state index in [9.17, 15) is 0 Å². The zero-order valence-corrected chi connectivity index (χ0v) is 18.5. The number of nitrogens with one attached hydrogen (secondary N) is 2. The fourth-order valence-corrected chi connectivity index (χ4v) is 3.70. The molecule has 144 valence electrons. The maximum absolute atomic E-state index is 4.85. The standard InChI is InChI=1S/C20H31N5.HI/c1-4-21-20(25-12-10-16(14-25)13-15(2)3)22-11-9-19-23-17-7-5-6-8-18(17)24-19;/h5-8,15-16H,4,9-14H2,1-3H3,(H,21,22)(H,23,24);1H. The van der Waals surface area contributed by atoms with Crippen molar-refractivity contribution in [3.05, 3.63) is 30.1 Å². The predicted molar refractivity (Wildman–Crippen MR) is 120 cm³/mol. The van der Waals surface area contributed by atoms with E-state index in [1.807, 2.05) is 18.2 Å². The van der Waals surface area contributed by atoms with Gasteiger partial charge in [0.1, 0.15) is 5.82 Å². The molecule has 0 aliphatic carbocycles. The van der Waals surface area contributed by atoms with E-state index in [2.05, 4.69) is 47.0 Å². The Morgan fingerprint density at radius 3 is 2.92 bits per heavy atom. The average Bonchev–Trinajstić information content (AvgIpc) is 3.19. The van der Waals surface area contributed by atoms with Crippen molar-refractivity contribution in [2.75, 3.05) is 26.2 Å². The largest absolute Gasteiger partial charge is 0.357 e. The van der Waals surface area contributed by atoms with Crippen LogP contribution in [0.15, 0.2) is 29.3 Å². The number of para-hydroxylation sites is 2. The summed E-state index contributed by atoms with van der Waals surface area (Å²) in [7, 11) is 0. The number of guanidine groups is 1. The second-order valence-electron chi connectivity index (χ2n) is 7.42. The normalized spacial score (nSPS) is 17.8. The second kappa shape index (κ2) is 10.1. The predicted octanol–water partition coefficient (Wildman–Crippen LogP) is 4.06. The van der Waals surface area contributed by atoms with Gasteiger partial charge in [0.15, 0.2) is 5.96 Å². The van der Waals surface area contributed by atoms with Gasteiger partial charge in [-0.2, -0.15) is 0 Å². The van der Waals surface area contributed by atoms with Gasteiger partial charge < -0.3 is 15.2 Å². The first-order valence-electron chi connectivity index (χ1n) is 9.62. The summed E-state index contributed by atoms with van der Waals surface area (Å²) in [5.74, 6) is 3.65. The molecule has 2 heterocycles. The monoisotopic (exact) mass is 469 g/mol. The lowest BCUT2D eigenvalue weighted by Gasteiger charge is -2.22. The molecule has 1 aliphatic rings. The summed E-state index contributed by atoms with van der Waals surface area (Å²) >= 11 is 0. The van der Waals surface area contributed by atoms with Gasteiger partial charge in [0.2, 0.25) is 0 Å². The van der Waals surface area contributed by atoms with Crippen molar-refractivity contribution >= 4 is 41.0 Å². The third-order valence-electron chi connectivity index (χ3n) is 4.77. The van der Waals surface area contributed by atoms with Crippen LogP contribution in [0.2, 0.25) is 0 Å². The zero-order valence-electron chi connectivity index (χ0n) is 16.2. The number of aliphatic imine (C=N–C) groups is 1. The van der Waals surface area contributed by atoms with Gasteiger partial charge in [0.25, 0.3) is 0 Å². The average molecular weight is 469 g/mol. The van der Waals surface area contributed by atoms with Crippen LogP contribution in [0.25, 0.3) is 11.0 Å². The Hall–Kier alpha value is -1.31. The number of H-pyrrole nitrogens is 1. The minimum Gasteiger partial charge on any atom is -0.357 e. The molecule has 0 spiro atoms. The topological polar surface area (TPSA) is 56.3 Å². The Morgan fingerprint density at radius 2 is 2.19 bits per heavy atom. The number of imidazole rings is 1. The SMILES string of the molecule is CCNC(=NCCc1nc2ccccc2[nH]1)N1CCC(CC(C)C)C1.I. The number of halogens is 1. The van der Waals surface area contributed by atoms with Gasteiger partial charge in [0, 0.05) is 32.6 Å². The van der Waals surface area contributed by atoms with Gasteiger partial charge in [-0.25, -0.2) is 4.98 Å². The molecule has 0 saturated carbocycles. The Morgan fingerprint density at radius 1 is 1.38 bits per heavy atom. The van der Waals surface area contributed by atoms with Crippen molar-refractivity contribution in [1.82, 2.24) is 20.2 Å². The van der Waals surface area contributed by atoms with Crippen molar-refractivity contribution in [3.63, 3.8) is 0 Å². The van der Waals surface area contributed by atoms with Crippen LogP contribution in [-0.2, 0) is 6.42 Å². The van der Waals surface area contributed by atoms with Crippen LogP contribution in [0.3, 0.4) is 0 Å². The lowest BCUT2D eigenvalue weighted by atomic mass is 9.97. The van der Waals surface area contributed by atoms with Crippen molar-refractivity contribution in [1.29, 1.82) is 0 Å². The molecular weight excluding hydrogens is 437 g/mol. The molecule has 1 atom stereocenters. The molecule has 1 aromatic heterocycles. The number of hydrogen-bond acceptors (Lipinski definition) is 2. The molecule has 0 radical (unpaired) electrons. The summed E-state index contributed by atoms with van der Waals surface area (Å²) < 4.78 is 0. The van der Waals surface area contributed by atoms with Crippen LogP contribution in [0.4, 0.5) is 0 Å². The Labute approximate surface area is 174 Å². The minimum absolute atomic E-state index is 0. The van der Waals surface area contributed by atoms with Crippen molar-refractivity contribution in [2.24, 2.45) is 16.8 Å². The number of likely N-dealkylation sites (tertiary alicyclic amines) is 1. The van der Waals surface area contributed by atoms with Crippen LogP contribution in [0, 0.1) is 11.8 Å². The van der Waals surface area contributed by atoms with Gasteiger partial charge in [0.05, 0.1) is 11.0 Å². The van der Waals surface area contributed by atoms with Gasteiger partial charge in [-0.3, -0.25) is 4.99 Å². The molecular formula is C20H32IN5. The van der Waals surface area contributed by atoms with Crippen molar-refractivity contribution in [2.45, 2.75) is 40.0 Å². The second-order valence-corrected chi connectivity index (χ2v) is 7.42. The van der Waals surface area contributed by atoms with E-state index in [0.717, 1.165) is 67.3 Å². The summed E-state index contributed by atoms with van der Waals surface area (Å²) in [5, 5.41) is 3.46. The van der Waals surface area contributed by atoms with E-state index in [0.29, 0.717) is 0 Å².